The summed E-state index contributed by atoms with van der Waals surface area (Å²) in [5.41, 5.74) is 17.4. The first kappa shape index (κ1) is 45.1. The van der Waals surface area contributed by atoms with E-state index in [1.54, 1.807) is 67.6 Å². The van der Waals surface area contributed by atoms with Crippen molar-refractivity contribution in [3.8, 4) is 0 Å². The Morgan fingerprint density at radius 1 is 0.630 bits per heavy atom. The first-order valence-electron chi connectivity index (χ1n) is 17.0. The summed E-state index contributed by atoms with van der Waals surface area (Å²) < 4.78 is 56.1. The molecule has 54 heavy (non-hydrogen) atoms. The van der Waals surface area contributed by atoms with E-state index in [1.165, 1.54) is 12.1 Å². The van der Waals surface area contributed by atoms with Crippen molar-refractivity contribution in [3.05, 3.63) is 94.0 Å². The second kappa shape index (κ2) is 20.0. The zero-order valence-corrected chi connectivity index (χ0v) is 34.8. The van der Waals surface area contributed by atoms with Crippen LogP contribution >= 0.6 is 48.0 Å². The maximum atomic E-state index is 12.7. The average Bonchev–Trinajstić information content (AvgIpc) is 3.55. The van der Waals surface area contributed by atoms with Gasteiger partial charge in [-0.1, -0.05) is 35.3 Å². The van der Waals surface area contributed by atoms with E-state index in [0.29, 0.717) is 38.4 Å². The number of sulfonamides is 2. The number of nitrogens with zero attached hydrogens (tertiary/aromatic N) is 2. The molecule has 12 nitrogen and oxygen atoms in total. The van der Waals surface area contributed by atoms with Gasteiger partial charge in [0.05, 0.1) is 43.9 Å². The van der Waals surface area contributed by atoms with E-state index in [2.05, 4.69) is 29.9 Å². The quantitative estimate of drug-likeness (QED) is 0.107. The largest absolute Gasteiger partial charge is 0.397 e. The van der Waals surface area contributed by atoms with Crippen molar-refractivity contribution in [2.24, 2.45) is 0 Å². The second-order valence-electron chi connectivity index (χ2n) is 12.7. The predicted molar refractivity (Wildman–Crippen MR) is 230 cm³/mol. The molecule has 0 spiro atoms. The molecule has 0 aromatic heterocycles. The molecule has 0 amide bonds. The molecule has 4 aromatic carbocycles. The van der Waals surface area contributed by atoms with Gasteiger partial charge in [-0.3, -0.25) is 9.44 Å². The number of nitrogen functional groups attached to an aromatic ring is 2. The van der Waals surface area contributed by atoms with E-state index in [0.717, 1.165) is 82.1 Å². The zero-order valence-electron chi connectivity index (χ0n) is 30.1. The van der Waals surface area contributed by atoms with Gasteiger partial charge in [0.25, 0.3) is 20.0 Å². The summed E-state index contributed by atoms with van der Waals surface area (Å²) in [6.45, 7) is 10.8. The molecule has 6 rings (SSSR count). The third kappa shape index (κ3) is 11.6. The number of rotatable bonds is 8. The normalized spacial score (nSPS) is 15.0. The second-order valence-corrected chi connectivity index (χ2v) is 16.9. The van der Waals surface area contributed by atoms with Gasteiger partial charge >= 0.3 is 0 Å². The summed E-state index contributed by atoms with van der Waals surface area (Å²) >= 11 is 12.0. The highest BCUT2D eigenvalue weighted by atomic mass is 35.5. The Bertz CT molecular complexity index is 1990. The maximum Gasteiger partial charge on any atom is 0.261 e. The molecule has 296 valence electrons. The molecule has 4 aromatic rings. The third-order valence-corrected chi connectivity index (χ3v) is 12.3. The zero-order chi connectivity index (χ0) is 37.5. The smallest absolute Gasteiger partial charge is 0.261 e. The molecule has 2 aliphatic rings. The van der Waals surface area contributed by atoms with Crippen LogP contribution in [0.15, 0.2) is 82.6 Å². The van der Waals surface area contributed by atoms with Crippen LogP contribution in [0.1, 0.15) is 24.0 Å². The lowest BCUT2D eigenvalue weighted by atomic mass is 10.2. The highest BCUT2D eigenvalue weighted by Gasteiger charge is 2.21. The Hall–Kier alpha value is -3.34. The molecule has 0 radical (unpaired) electrons. The van der Waals surface area contributed by atoms with Crippen LogP contribution in [0.4, 0.5) is 34.1 Å². The number of nitrogens with one attached hydrogen (secondary N) is 4. The number of hydrogen-bond donors (Lipinski definition) is 6. The van der Waals surface area contributed by atoms with Crippen molar-refractivity contribution < 1.29 is 16.8 Å². The summed E-state index contributed by atoms with van der Waals surface area (Å²) in [5, 5.41) is 7.66. The van der Waals surface area contributed by atoms with Gasteiger partial charge in [-0.05, 0) is 112 Å². The van der Waals surface area contributed by atoms with Crippen LogP contribution in [-0.2, 0) is 20.0 Å². The van der Waals surface area contributed by atoms with Crippen molar-refractivity contribution in [2.75, 3.05) is 83.1 Å². The Balaban J connectivity index is 0.000000280. The molecule has 0 aliphatic carbocycles. The summed E-state index contributed by atoms with van der Waals surface area (Å²) in [5.74, 6) is 0. The highest BCUT2D eigenvalue weighted by molar-refractivity contribution is 7.93. The van der Waals surface area contributed by atoms with E-state index < -0.39 is 20.0 Å². The van der Waals surface area contributed by atoms with Gasteiger partial charge in [-0.15, -0.1) is 24.8 Å². The summed E-state index contributed by atoms with van der Waals surface area (Å²) in [7, 11) is -7.50. The lowest BCUT2D eigenvalue weighted by Gasteiger charge is -2.24. The van der Waals surface area contributed by atoms with Gasteiger partial charge in [-0.25, -0.2) is 16.8 Å². The minimum atomic E-state index is -3.75. The van der Waals surface area contributed by atoms with Gasteiger partial charge in [0.15, 0.2) is 0 Å². The molecule has 0 bridgehead atoms. The Morgan fingerprint density at radius 3 is 1.63 bits per heavy atom. The molecule has 2 aliphatic heterocycles. The summed E-state index contributed by atoms with van der Waals surface area (Å²) in [4.78, 5) is 4.62. The Morgan fingerprint density at radius 2 is 1.13 bits per heavy atom. The minimum absolute atomic E-state index is 0. The molecule has 0 atom stereocenters. The van der Waals surface area contributed by atoms with Crippen molar-refractivity contribution in [2.45, 2.75) is 36.5 Å². The lowest BCUT2D eigenvalue weighted by Crippen LogP contribution is -2.28. The van der Waals surface area contributed by atoms with E-state index >= 15 is 0 Å². The molecular formula is C36H48Cl4N8O4S2. The van der Waals surface area contributed by atoms with Crippen LogP contribution in [0.5, 0.6) is 0 Å². The first-order valence-corrected chi connectivity index (χ1v) is 20.7. The fraction of sp³-hybridized carbons (Fsp3) is 0.333. The molecule has 8 N–H and O–H groups in total. The van der Waals surface area contributed by atoms with E-state index in [1.807, 2.05) is 6.92 Å². The van der Waals surface area contributed by atoms with Gasteiger partial charge < -0.3 is 31.9 Å². The molecular weight excluding hydrogens is 814 g/mol. The predicted octanol–water partition coefficient (Wildman–Crippen LogP) is 6.51. The fourth-order valence-electron chi connectivity index (χ4n) is 5.98. The summed E-state index contributed by atoms with van der Waals surface area (Å²) in [6, 6.07) is 19.9. The standard InChI is InChI=1S/2C18H23ClN4O2S.2ClH/c1-13-3-4-14(19)11-17(13)22-26(24,25)15-5-6-18(16(20)12-15)23-9-2-7-21-8-10-23;1-13-15(19)4-2-5-17(13)22-26(24,25)14-6-7-18(16(20)12-14)23-10-3-8-21-9-11-23;;/h3-6,11-12,21-22H,2,7-10,20H2,1H3;2,4-7,12,21-22H,3,8-11,20H2,1H3;2*1H. The summed E-state index contributed by atoms with van der Waals surface area (Å²) in [6.07, 6.45) is 2.05. The van der Waals surface area contributed by atoms with Gasteiger partial charge in [0, 0.05) is 49.3 Å². The van der Waals surface area contributed by atoms with Crippen molar-refractivity contribution in [1.29, 1.82) is 0 Å². The SMILES string of the molecule is Cc1c(Cl)cccc1NS(=O)(=O)c1ccc(N2CCCNCC2)c(N)c1.Cc1ccc(Cl)cc1NS(=O)(=O)c1ccc(N2CCCNCC2)c(N)c1.Cl.Cl. The number of anilines is 6. The monoisotopic (exact) mass is 860 g/mol. The number of halogens is 4. The van der Waals surface area contributed by atoms with Crippen molar-refractivity contribution >= 4 is 102 Å². The first-order chi connectivity index (χ1) is 24.7. The number of benzene rings is 4. The maximum absolute atomic E-state index is 12.7. The van der Waals surface area contributed by atoms with Crippen molar-refractivity contribution in [3.63, 3.8) is 0 Å². The number of nitrogens with two attached hydrogens (primary N) is 2. The van der Waals surface area contributed by atoms with Gasteiger partial charge in [0.2, 0.25) is 0 Å². The van der Waals surface area contributed by atoms with E-state index in [9.17, 15) is 16.8 Å². The van der Waals surface area contributed by atoms with Crippen LogP contribution < -0.4 is 41.3 Å². The van der Waals surface area contributed by atoms with Gasteiger partial charge in [0.1, 0.15) is 0 Å². The Labute approximate surface area is 341 Å². The van der Waals surface area contributed by atoms with E-state index in [4.69, 9.17) is 34.7 Å². The average molecular weight is 863 g/mol. The van der Waals surface area contributed by atoms with Gasteiger partial charge in [-0.2, -0.15) is 0 Å². The Kier molecular flexibility index (Phi) is 16.7. The van der Waals surface area contributed by atoms with Crippen LogP contribution in [-0.4, -0.2) is 69.2 Å². The van der Waals surface area contributed by atoms with Crippen molar-refractivity contribution in [1.82, 2.24) is 10.6 Å². The van der Waals surface area contributed by atoms with Crippen LogP contribution in [0.3, 0.4) is 0 Å². The lowest BCUT2D eigenvalue weighted by molar-refractivity contribution is 0.599. The molecule has 0 saturated carbocycles. The number of aryl methyl sites for hydroxylation is 1. The minimum Gasteiger partial charge on any atom is -0.397 e. The molecule has 0 unspecified atom stereocenters. The van der Waals surface area contributed by atoms with E-state index in [-0.39, 0.29) is 34.6 Å². The highest BCUT2D eigenvalue weighted by Crippen LogP contribution is 2.31. The molecule has 2 saturated heterocycles. The van der Waals surface area contributed by atoms with Crippen LogP contribution in [0, 0.1) is 13.8 Å². The number of hydrogen-bond acceptors (Lipinski definition) is 10. The third-order valence-electron chi connectivity index (χ3n) is 8.94. The van der Waals surface area contributed by atoms with Crippen LogP contribution in [0.2, 0.25) is 10.0 Å². The molecule has 2 heterocycles. The van der Waals surface area contributed by atoms with Crippen LogP contribution in [0.25, 0.3) is 0 Å². The molecule has 2 fully saturated rings. The topological polar surface area (TPSA) is 175 Å². The molecule has 18 heteroatoms. The fourth-order valence-corrected chi connectivity index (χ4v) is 8.64.